The molecule has 0 bridgehead atoms. The summed E-state index contributed by atoms with van der Waals surface area (Å²) in [5, 5.41) is 18.5. The Kier molecular flexibility index (Phi) is 12.9. The van der Waals surface area contributed by atoms with Gasteiger partial charge in [0.2, 0.25) is 11.8 Å². The SMILES string of the molecule is CC(NC(=O)OC(C)(C)C)C(=O)NC(Cc1ccccc1)C(=O)NC(CCCCNC(=O)O)C(=O)NN. The van der Waals surface area contributed by atoms with Gasteiger partial charge in [-0.2, -0.15) is 0 Å². The number of rotatable bonds is 13. The van der Waals surface area contributed by atoms with Crippen molar-refractivity contribution >= 4 is 29.9 Å². The minimum atomic E-state index is -1.15. The maximum absolute atomic E-state index is 13.2. The second kappa shape index (κ2) is 15.3. The molecule has 13 heteroatoms. The summed E-state index contributed by atoms with van der Waals surface area (Å²) in [6.45, 7) is 6.71. The van der Waals surface area contributed by atoms with Gasteiger partial charge < -0.3 is 31.1 Å². The number of hydrogen-bond donors (Lipinski definition) is 7. The Morgan fingerprint density at radius 3 is 2.11 bits per heavy atom. The average molecular weight is 523 g/mol. The molecular formula is C24H38N6O7. The van der Waals surface area contributed by atoms with Crippen LogP contribution in [0, 0.1) is 0 Å². The van der Waals surface area contributed by atoms with Gasteiger partial charge in [-0.15, -0.1) is 0 Å². The van der Waals surface area contributed by atoms with E-state index in [2.05, 4.69) is 21.3 Å². The second-order valence-electron chi connectivity index (χ2n) is 9.42. The van der Waals surface area contributed by atoms with E-state index in [9.17, 15) is 24.0 Å². The molecule has 8 N–H and O–H groups in total. The number of carboxylic acid groups (broad SMARTS) is 1. The topological polar surface area (TPSA) is 201 Å². The van der Waals surface area contributed by atoms with E-state index < -0.39 is 53.6 Å². The number of nitrogens with two attached hydrogens (primary N) is 1. The Bertz CT molecular complexity index is 920. The zero-order valence-corrected chi connectivity index (χ0v) is 21.6. The molecule has 0 aliphatic heterocycles. The molecule has 0 saturated carbocycles. The first kappa shape index (κ1) is 31.2. The largest absolute Gasteiger partial charge is 0.465 e. The van der Waals surface area contributed by atoms with Crippen molar-refractivity contribution in [1.82, 2.24) is 26.7 Å². The van der Waals surface area contributed by atoms with E-state index in [1.54, 1.807) is 45.0 Å². The van der Waals surface area contributed by atoms with Crippen molar-refractivity contribution in [2.45, 2.75) is 77.1 Å². The summed E-state index contributed by atoms with van der Waals surface area (Å²) in [5.41, 5.74) is 2.01. The first-order valence-electron chi connectivity index (χ1n) is 11.9. The van der Waals surface area contributed by atoms with Crippen LogP contribution >= 0.6 is 0 Å². The molecule has 1 aromatic carbocycles. The Balaban J connectivity index is 2.91. The van der Waals surface area contributed by atoms with Gasteiger partial charge in [-0.05, 0) is 52.5 Å². The Morgan fingerprint density at radius 2 is 1.54 bits per heavy atom. The van der Waals surface area contributed by atoms with Gasteiger partial charge in [0.05, 0.1) is 0 Å². The maximum Gasteiger partial charge on any atom is 0.408 e. The summed E-state index contributed by atoms with van der Waals surface area (Å²) >= 11 is 0. The zero-order chi connectivity index (χ0) is 28.0. The fourth-order valence-corrected chi connectivity index (χ4v) is 3.22. The van der Waals surface area contributed by atoms with E-state index in [0.29, 0.717) is 12.8 Å². The molecule has 0 heterocycles. The van der Waals surface area contributed by atoms with Crippen LogP contribution < -0.4 is 32.5 Å². The number of hydrazine groups is 1. The van der Waals surface area contributed by atoms with E-state index in [1.807, 2.05) is 11.5 Å². The second-order valence-corrected chi connectivity index (χ2v) is 9.42. The summed E-state index contributed by atoms with van der Waals surface area (Å²) in [7, 11) is 0. The summed E-state index contributed by atoms with van der Waals surface area (Å²) in [4.78, 5) is 60.8. The normalized spacial score (nSPS) is 13.3. The fourth-order valence-electron chi connectivity index (χ4n) is 3.22. The molecule has 37 heavy (non-hydrogen) atoms. The predicted octanol–water partition coefficient (Wildman–Crippen LogP) is 0.540. The highest BCUT2D eigenvalue weighted by atomic mass is 16.6. The smallest absolute Gasteiger partial charge is 0.408 e. The van der Waals surface area contributed by atoms with Crippen molar-refractivity contribution in [3.63, 3.8) is 0 Å². The molecule has 1 aromatic rings. The van der Waals surface area contributed by atoms with Crippen LogP contribution in [0.5, 0.6) is 0 Å². The average Bonchev–Trinajstić information content (AvgIpc) is 2.81. The van der Waals surface area contributed by atoms with Gasteiger partial charge in [0.25, 0.3) is 5.91 Å². The van der Waals surface area contributed by atoms with Crippen LogP contribution in [0.25, 0.3) is 0 Å². The summed E-state index contributed by atoms with van der Waals surface area (Å²) in [5.74, 6) is 3.38. The van der Waals surface area contributed by atoms with Crippen molar-refractivity contribution in [2.75, 3.05) is 6.54 Å². The quantitative estimate of drug-likeness (QED) is 0.0841. The monoisotopic (exact) mass is 522 g/mol. The van der Waals surface area contributed by atoms with Crippen LogP contribution in [0.4, 0.5) is 9.59 Å². The van der Waals surface area contributed by atoms with Crippen molar-refractivity contribution in [1.29, 1.82) is 0 Å². The van der Waals surface area contributed by atoms with Crippen LogP contribution in [-0.2, 0) is 25.5 Å². The van der Waals surface area contributed by atoms with Crippen LogP contribution in [0.2, 0.25) is 0 Å². The van der Waals surface area contributed by atoms with Gasteiger partial charge in [0, 0.05) is 13.0 Å². The number of amides is 5. The number of nitrogens with one attached hydrogen (secondary N) is 5. The highest BCUT2D eigenvalue weighted by molar-refractivity contribution is 5.93. The summed E-state index contributed by atoms with van der Waals surface area (Å²) in [6, 6.07) is 5.87. The number of carbonyl (C=O) groups excluding carboxylic acids is 4. The van der Waals surface area contributed by atoms with Crippen molar-refractivity contribution in [2.24, 2.45) is 5.84 Å². The van der Waals surface area contributed by atoms with Crippen LogP contribution in [-0.4, -0.2) is 65.3 Å². The van der Waals surface area contributed by atoms with E-state index in [1.165, 1.54) is 6.92 Å². The van der Waals surface area contributed by atoms with Crippen molar-refractivity contribution in [3.8, 4) is 0 Å². The molecule has 0 saturated heterocycles. The molecule has 0 aliphatic carbocycles. The third kappa shape index (κ3) is 13.1. The van der Waals surface area contributed by atoms with Crippen LogP contribution in [0.3, 0.4) is 0 Å². The maximum atomic E-state index is 13.2. The Morgan fingerprint density at radius 1 is 0.919 bits per heavy atom. The molecule has 3 unspecified atom stereocenters. The minimum Gasteiger partial charge on any atom is -0.465 e. The Labute approximate surface area is 216 Å². The van der Waals surface area contributed by atoms with Gasteiger partial charge in [-0.1, -0.05) is 30.3 Å². The third-order valence-electron chi connectivity index (χ3n) is 5.01. The molecule has 1 rings (SSSR count). The van der Waals surface area contributed by atoms with E-state index in [4.69, 9.17) is 15.7 Å². The number of carbonyl (C=O) groups is 5. The lowest BCUT2D eigenvalue weighted by atomic mass is 10.0. The first-order chi connectivity index (χ1) is 17.3. The molecule has 0 radical (unpaired) electrons. The van der Waals surface area contributed by atoms with Gasteiger partial charge >= 0.3 is 12.2 Å². The highest BCUT2D eigenvalue weighted by Crippen LogP contribution is 2.08. The number of benzene rings is 1. The van der Waals surface area contributed by atoms with Crippen LogP contribution in [0.1, 0.15) is 52.5 Å². The molecule has 206 valence electrons. The van der Waals surface area contributed by atoms with E-state index >= 15 is 0 Å². The first-order valence-corrected chi connectivity index (χ1v) is 11.9. The molecule has 3 atom stereocenters. The van der Waals surface area contributed by atoms with Crippen molar-refractivity contribution in [3.05, 3.63) is 35.9 Å². The van der Waals surface area contributed by atoms with Crippen molar-refractivity contribution < 1.29 is 33.8 Å². The predicted molar refractivity (Wildman–Crippen MR) is 135 cm³/mol. The van der Waals surface area contributed by atoms with Gasteiger partial charge in [0.15, 0.2) is 0 Å². The molecule has 0 aromatic heterocycles. The van der Waals surface area contributed by atoms with Gasteiger partial charge in [-0.25, -0.2) is 15.4 Å². The van der Waals surface area contributed by atoms with Gasteiger partial charge in [0.1, 0.15) is 23.7 Å². The van der Waals surface area contributed by atoms with Gasteiger partial charge in [-0.3, -0.25) is 19.8 Å². The molecule has 5 amide bonds. The molecule has 0 fully saturated rings. The molecule has 13 nitrogen and oxygen atoms in total. The number of ether oxygens (including phenoxy) is 1. The number of hydrogen-bond acceptors (Lipinski definition) is 7. The molecule has 0 spiro atoms. The number of unbranched alkanes of at least 4 members (excludes halogenated alkanes) is 1. The third-order valence-corrected chi connectivity index (χ3v) is 5.01. The Hall–Kier alpha value is -3.87. The molecule has 0 aliphatic rings. The fraction of sp³-hybridized carbons (Fsp3) is 0.542. The lowest BCUT2D eigenvalue weighted by Gasteiger charge is -2.25. The lowest BCUT2D eigenvalue weighted by Crippen LogP contribution is -2.57. The number of alkyl carbamates (subject to hydrolysis) is 1. The van der Waals surface area contributed by atoms with Crippen LogP contribution in [0.15, 0.2) is 30.3 Å². The van der Waals surface area contributed by atoms with E-state index in [-0.39, 0.29) is 19.4 Å². The highest BCUT2D eigenvalue weighted by Gasteiger charge is 2.29. The molecular weight excluding hydrogens is 484 g/mol. The minimum absolute atomic E-state index is 0.122. The lowest BCUT2D eigenvalue weighted by molar-refractivity contribution is -0.132. The standard InChI is InChI=1S/C24H38N6O7/c1-15(27-23(36)37-24(2,3)4)19(31)29-18(14-16-10-6-5-7-11-16)20(32)28-17(21(33)30-25)12-8-9-13-26-22(34)35/h5-7,10-11,15,17-18,26H,8-9,12-14,25H2,1-4H3,(H,27,36)(H,28,32)(H,29,31)(H,30,33)(H,34,35). The summed E-state index contributed by atoms with van der Waals surface area (Å²) in [6.07, 6.45) is -0.758. The summed E-state index contributed by atoms with van der Waals surface area (Å²) < 4.78 is 5.16. The zero-order valence-electron chi connectivity index (χ0n) is 21.6. The van der Waals surface area contributed by atoms with E-state index in [0.717, 1.165) is 5.56 Å².